The number of aliphatic hydroxyl groups excluding tert-OH is 7. The average Bonchev–Trinajstić information content (AvgIpc) is 3.23. The Bertz CT molecular complexity index is 1270. The molecule has 0 amide bonds. The Balaban J connectivity index is 1.91. The summed E-state index contributed by atoms with van der Waals surface area (Å²) in [6, 6.07) is 0. The van der Waals surface area contributed by atoms with E-state index in [1.165, 1.54) is 12.8 Å². The van der Waals surface area contributed by atoms with Crippen LogP contribution in [0, 0.1) is 0 Å². The fraction of sp³-hybridized carbons (Fsp3) is 0.727. The second kappa shape index (κ2) is 32.0. The molecule has 2 aliphatic rings. The van der Waals surface area contributed by atoms with E-state index in [0.29, 0.717) is 12.8 Å². The summed E-state index contributed by atoms with van der Waals surface area (Å²) < 4.78 is 33.3. The Morgan fingerprint density at radius 1 is 0.559 bits per heavy atom. The summed E-state index contributed by atoms with van der Waals surface area (Å²) in [5, 5.41) is 71.7. The van der Waals surface area contributed by atoms with Gasteiger partial charge in [-0.25, -0.2) is 0 Å². The third kappa shape index (κ3) is 21.5. The van der Waals surface area contributed by atoms with Crippen LogP contribution in [0.15, 0.2) is 60.8 Å². The maximum atomic E-state index is 12.9. The van der Waals surface area contributed by atoms with Gasteiger partial charge in [-0.2, -0.15) is 0 Å². The van der Waals surface area contributed by atoms with E-state index in [1.807, 2.05) is 36.5 Å². The SMILES string of the molecule is CC/C=C/C=C/C=C/C=C/CCCCCC(=O)OC(COC(=O)CCCCCC/C=C/CCCC)CO[C@@H]1O[C@H](CO[C@@H]2O[C@H](CO)[C@H](O)C(O)C2O)[C@H](O)C(O)C1O. The number of ether oxygens (including phenoxy) is 6. The Hall–Kier alpha value is -2.80. The predicted octanol–water partition coefficient (Wildman–Crippen LogP) is 3.75. The average molecular weight is 841 g/mol. The Labute approximate surface area is 350 Å². The zero-order valence-electron chi connectivity index (χ0n) is 35.0. The van der Waals surface area contributed by atoms with Gasteiger partial charge in [0.05, 0.1) is 19.8 Å². The molecule has 2 saturated heterocycles. The highest BCUT2D eigenvalue weighted by Crippen LogP contribution is 2.26. The van der Waals surface area contributed by atoms with Gasteiger partial charge in [-0.3, -0.25) is 9.59 Å². The quantitative estimate of drug-likeness (QED) is 0.0236. The topological polar surface area (TPSA) is 231 Å². The zero-order valence-corrected chi connectivity index (χ0v) is 35.0. The van der Waals surface area contributed by atoms with Crippen LogP contribution in [0.1, 0.15) is 110 Å². The lowest BCUT2D eigenvalue weighted by Gasteiger charge is -2.42. The van der Waals surface area contributed by atoms with Crippen molar-refractivity contribution < 1.29 is 73.8 Å². The van der Waals surface area contributed by atoms with Crippen molar-refractivity contribution in [2.75, 3.05) is 26.4 Å². The molecule has 5 unspecified atom stereocenters. The van der Waals surface area contributed by atoms with Crippen molar-refractivity contribution in [3.05, 3.63) is 60.8 Å². The van der Waals surface area contributed by atoms with E-state index in [0.717, 1.165) is 57.8 Å². The summed E-state index contributed by atoms with van der Waals surface area (Å²) in [7, 11) is 0. The lowest BCUT2D eigenvalue weighted by Crippen LogP contribution is -2.61. The monoisotopic (exact) mass is 840 g/mol. The van der Waals surface area contributed by atoms with Crippen LogP contribution < -0.4 is 0 Å². The van der Waals surface area contributed by atoms with Gasteiger partial charge in [0.2, 0.25) is 0 Å². The van der Waals surface area contributed by atoms with E-state index in [-0.39, 0.29) is 19.4 Å². The number of aliphatic hydroxyl groups is 7. The molecule has 2 fully saturated rings. The van der Waals surface area contributed by atoms with Crippen molar-refractivity contribution in [2.45, 2.75) is 178 Å². The molecule has 2 rings (SSSR count). The smallest absolute Gasteiger partial charge is 0.306 e. The number of carbonyl (C=O) groups is 2. The van der Waals surface area contributed by atoms with Gasteiger partial charge in [-0.05, 0) is 51.4 Å². The Morgan fingerprint density at radius 3 is 1.73 bits per heavy atom. The summed E-state index contributed by atoms with van der Waals surface area (Å²) in [5.74, 6) is -0.997. The summed E-state index contributed by atoms with van der Waals surface area (Å²) in [5.41, 5.74) is 0. The minimum atomic E-state index is -1.77. The van der Waals surface area contributed by atoms with E-state index in [4.69, 9.17) is 28.4 Å². The molecule has 2 heterocycles. The molecule has 0 aromatic heterocycles. The molecule has 0 aromatic carbocycles. The van der Waals surface area contributed by atoms with Crippen LogP contribution in [0.25, 0.3) is 0 Å². The summed E-state index contributed by atoms with van der Waals surface area (Å²) >= 11 is 0. The highest BCUT2D eigenvalue weighted by atomic mass is 16.7. The summed E-state index contributed by atoms with van der Waals surface area (Å²) in [4.78, 5) is 25.5. The first-order chi connectivity index (χ1) is 28.5. The van der Waals surface area contributed by atoms with Gasteiger partial charge < -0.3 is 64.2 Å². The van der Waals surface area contributed by atoms with Crippen molar-refractivity contribution in [1.29, 1.82) is 0 Å². The van der Waals surface area contributed by atoms with E-state index >= 15 is 0 Å². The van der Waals surface area contributed by atoms with Crippen LogP contribution in [0.5, 0.6) is 0 Å². The lowest BCUT2D eigenvalue weighted by atomic mass is 9.98. The number of hydrogen-bond acceptors (Lipinski definition) is 15. The molecule has 59 heavy (non-hydrogen) atoms. The van der Waals surface area contributed by atoms with Gasteiger partial charge in [0.15, 0.2) is 18.7 Å². The van der Waals surface area contributed by atoms with Gasteiger partial charge >= 0.3 is 11.9 Å². The van der Waals surface area contributed by atoms with Gasteiger partial charge in [0.1, 0.15) is 55.4 Å². The van der Waals surface area contributed by atoms with Gasteiger partial charge in [0.25, 0.3) is 0 Å². The van der Waals surface area contributed by atoms with Crippen LogP contribution >= 0.6 is 0 Å². The number of allylic oxidation sites excluding steroid dienone is 10. The van der Waals surface area contributed by atoms with E-state index in [1.54, 1.807) is 0 Å². The van der Waals surface area contributed by atoms with Gasteiger partial charge in [0, 0.05) is 12.8 Å². The number of carbonyl (C=O) groups excluding carboxylic acids is 2. The third-order valence-electron chi connectivity index (χ3n) is 9.82. The van der Waals surface area contributed by atoms with Crippen molar-refractivity contribution in [1.82, 2.24) is 0 Å². The number of hydrogen-bond donors (Lipinski definition) is 7. The minimum absolute atomic E-state index is 0.114. The Kier molecular flexibility index (Phi) is 28.4. The number of unbranched alkanes of at least 4 members (excludes halogenated alkanes) is 9. The van der Waals surface area contributed by atoms with Crippen molar-refractivity contribution in [2.24, 2.45) is 0 Å². The Morgan fingerprint density at radius 2 is 1.08 bits per heavy atom. The molecular formula is C44H72O15. The first-order valence-corrected chi connectivity index (χ1v) is 21.4. The molecule has 338 valence electrons. The molecule has 0 aromatic rings. The number of esters is 2. The molecule has 0 spiro atoms. The normalized spacial score (nSPS) is 28.4. The standard InChI is InChI=1S/C44H72O15/c1-3-5-7-9-11-13-15-16-17-19-21-23-25-27-36(47)57-32(29-54-35(46)26-24-22-20-18-14-12-10-8-6-4-2)30-55-43-42(53)40(51)38(49)34(59-43)31-56-44-41(52)39(50)37(48)33(28-45)58-44/h5,7,9-13,15-17,32-34,37-45,48-53H,3-4,6,8,14,18-31H2,1-2H3/b7-5+,11-9+,12-10+,15-13+,17-16+/t32?,33-,34-,37+,38+,39?,40?,41?,42?,43-,44-/m1/s1. The van der Waals surface area contributed by atoms with Gasteiger partial charge in [-0.15, -0.1) is 0 Å². The molecule has 2 aliphatic heterocycles. The van der Waals surface area contributed by atoms with Crippen LogP contribution in [-0.2, 0) is 38.0 Å². The highest BCUT2D eigenvalue weighted by Gasteiger charge is 2.47. The summed E-state index contributed by atoms with van der Waals surface area (Å²) in [6.07, 6.45) is 15.7. The molecule has 0 saturated carbocycles. The molecule has 15 heteroatoms. The van der Waals surface area contributed by atoms with E-state index in [2.05, 4.69) is 38.2 Å². The van der Waals surface area contributed by atoms with Crippen LogP contribution in [0.2, 0.25) is 0 Å². The molecule has 0 radical (unpaired) electrons. The molecule has 11 atom stereocenters. The van der Waals surface area contributed by atoms with E-state index < -0.39 is 99.3 Å². The second-order valence-corrected chi connectivity index (χ2v) is 14.9. The first kappa shape index (κ1) is 52.3. The lowest BCUT2D eigenvalue weighted by molar-refractivity contribution is -0.332. The molecule has 0 bridgehead atoms. The maximum Gasteiger partial charge on any atom is 0.306 e. The van der Waals surface area contributed by atoms with Crippen LogP contribution in [0.4, 0.5) is 0 Å². The van der Waals surface area contributed by atoms with E-state index in [9.17, 15) is 45.3 Å². The van der Waals surface area contributed by atoms with Gasteiger partial charge in [-0.1, -0.05) is 107 Å². The maximum absolute atomic E-state index is 12.9. The fourth-order valence-electron chi connectivity index (χ4n) is 6.21. The molecule has 7 N–H and O–H groups in total. The van der Waals surface area contributed by atoms with Crippen LogP contribution in [0.3, 0.4) is 0 Å². The van der Waals surface area contributed by atoms with Crippen molar-refractivity contribution in [3.8, 4) is 0 Å². The molecule has 15 nitrogen and oxygen atoms in total. The second-order valence-electron chi connectivity index (χ2n) is 14.9. The predicted molar refractivity (Wildman–Crippen MR) is 219 cm³/mol. The fourth-order valence-corrected chi connectivity index (χ4v) is 6.21. The van der Waals surface area contributed by atoms with Crippen molar-refractivity contribution >= 4 is 11.9 Å². The van der Waals surface area contributed by atoms with Crippen LogP contribution in [-0.4, -0.2) is 142 Å². The zero-order chi connectivity index (χ0) is 43.3. The molecular weight excluding hydrogens is 768 g/mol. The number of rotatable bonds is 30. The third-order valence-corrected chi connectivity index (χ3v) is 9.82. The molecule has 0 aliphatic carbocycles. The van der Waals surface area contributed by atoms with Crippen molar-refractivity contribution in [3.63, 3.8) is 0 Å². The summed E-state index contributed by atoms with van der Waals surface area (Å²) in [6.45, 7) is 2.29. The highest BCUT2D eigenvalue weighted by molar-refractivity contribution is 5.70. The first-order valence-electron chi connectivity index (χ1n) is 21.4. The minimum Gasteiger partial charge on any atom is -0.462 e. The largest absolute Gasteiger partial charge is 0.462 e.